The van der Waals surface area contributed by atoms with Crippen LogP contribution in [0.1, 0.15) is 31.0 Å². The first-order chi connectivity index (χ1) is 9.24. The van der Waals surface area contributed by atoms with E-state index in [1.54, 1.807) is 11.3 Å². The molecule has 0 fully saturated rings. The lowest BCUT2D eigenvalue weighted by Crippen LogP contribution is -2.07. The number of rotatable bonds is 7. The van der Waals surface area contributed by atoms with Gasteiger partial charge in [0, 0.05) is 24.4 Å². The summed E-state index contributed by atoms with van der Waals surface area (Å²) in [6, 6.07) is 2.16. The Morgan fingerprint density at radius 3 is 2.89 bits per heavy atom. The van der Waals surface area contributed by atoms with Crippen molar-refractivity contribution < 1.29 is 4.74 Å². The summed E-state index contributed by atoms with van der Waals surface area (Å²) in [7, 11) is 0. The smallest absolute Gasteiger partial charge is 0.138 e. The van der Waals surface area contributed by atoms with Crippen molar-refractivity contribution in [2.75, 3.05) is 25.1 Å². The normalized spacial score (nSPS) is 11.1. The largest absolute Gasteiger partial charge is 0.381 e. The topological polar surface area (TPSA) is 47.0 Å². The van der Waals surface area contributed by atoms with Crippen molar-refractivity contribution in [3.63, 3.8) is 0 Å². The van der Waals surface area contributed by atoms with Gasteiger partial charge in [-0.15, -0.1) is 11.3 Å². The van der Waals surface area contributed by atoms with Crippen LogP contribution in [-0.2, 0) is 11.2 Å². The third-order valence-electron chi connectivity index (χ3n) is 2.78. The van der Waals surface area contributed by atoms with Crippen LogP contribution in [-0.4, -0.2) is 29.7 Å². The lowest BCUT2D eigenvalue weighted by atomic mass is 10.3. The van der Waals surface area contributed by atoms with E-state index in [4.69, 9.17) is 4.74 Å². The second kappa shape index (κ2) is 6.82. The molecule has 0 saturated carbocycles. The van der Waals surface area contributed by atoms with E-state index in [1.165, 1.54) is 4.88 Å². The zero-order valence-electron chi connectivity index (χ0n) is 11.8. The zero-order valence-corrected chi connectivity index (χ0v) is 12.6. The van der Waals surface area contributed by atoms with E-state index in [-0.39, 0.29) is 0 Å². The fraction of sp³-hybridized carbons (Fsp3) is 0.571. The van der Waals surface area contributed by atoms with E-state index in [9.17, 15) is 0 Å². The molecule has 104 valence electrons. The molecule has 0 saturated heterocycles. The molecule has 0 aliphatic heterocycles. The van der Waals surface area contributed by atoms with Crippen LogP contribution in [0.2, 0.25) is 0 Å². The molecule has 0 radical (unpaired) electrons. The molecular formula is C14H21N3OS. The number of anilines is 1. The van der Waals surface area contributed by atoms with Crippen LogP contribution in [0, 0.1) is 6.92 Å². The van der Waals surface area contributed by atoms with Crippen LogP contribution >= 0.6 is 11.3 Å². The van der Waals surface area contributed by atoms with Gasteiger partial charge >= 0.3 is 0 Å². The first-order valence-corrected chi connectivity index (χ1v) is 7.65. The number of aromatic nitrogens is 2. The van der Waals surface area contributed by atoms with Gasteiger partial charge in [0.15, 0.2) is 0 Å². The Labute approximate surface area is 118 Å². The number of hydrogen-bond acceptors (Lipinski definition) is 5. The van der Waals surface area contributed by atoms with E-state index in [2.05, 4.69) is 35.2 Å². The summed E-state index contributed by atoms with van der Waals surface area (Å²) in [6.45, 7) is 8.61. The van der Waals surface area contributed by atoms with Crippen molar-refractivity contribution in [1.29, 1.82) is 0 Å². The molecule has 2 aromatic heterocycles. The van der Waals surface area contributed by atoms with Gasteiger partial charge in [-0.1, -0.05) is 6.92 Å². The summed E-state index contributed by atoms with van der Waals surface area (Å²) < 4.78 is 5.38. The van der Waals surface area contributed by atoms with Gasteiger partial charge < -0.3 is 10.1 Å². The second-order valence-electron chi connectivity index (χ2n) is 4.44. The average Bonchev–Trinajstić information content (AvgIpc) is 2.76. The number of hydrogen-bond donors (Lipinski definition) is 1. The molecule has 0 bridgehead atoms. The highest BCUT2D eigenvalue weighted by atomic mass is 32.1. The summed E-state index contributed by atoms with van der Waals surface area (Å²) in [5, 5.41) is 4.53. The highest BCUT2D eigenvalue weighted by Gasteiger charge is 2.10. The zero-order chi connectivity index (χ0) is 13.7. The number of nitrogens with zero attached hydrogens (tertiary/aromatic N) is 2. The third-order valence-corrected chi connectivity index (χ3v) is 3.72. The van der Waals surface area contributed by atoms with Crippen LogP contribution in [0.3, 0.4) is 0 Å². The van der Waals surface area contributed by atoms with Crippen molar-refractivity contribution in [1.82, 2.24) is 9.97 Å². The Morgan fingerprint density at radius 1 is 1.32 bits per heavy atom. The molecule has 1 N–H and O–H groups in total. The van der Waals surface area contributed by atoms with Gasteiger partial charge in [0.2, 0.25) is 0 Å². The Balaban J connectivity index is 2.27. The van der Waals surface area contributed by atoms with Crippen LogP contribution in [0.15, 0.2) is 6.07 Å². The highest BCUT2D eigenvalue weighted by Crippen LogP contribution is 2.28. The maximum atomic E-state index is 5.38. The molecule has 0 aromatic carbocycles. The van der Waals surface area contributed by atoms with Gasteiger partial charge in [-0.05, 0) is 26.3 Å². The predicted octanol–water partition coefficient (Wildman–Crippen LogP) is 3.40. The number of nitrogens with one attached hydrogen (secondary N) is 1. The molecule has 2 rings (SSSR count). The summed E-state index contributed by atoms with van der Waals surface area (Å²) in [5.41, 5.74) is 0. The quantitative estimate of drug-likeness (QED) is 0.789. The van der Waals surface area contributed by atoms with Crippen LogP contribution in [0.25, 0.3) is 10.2 Å². The standard InChI is InChI=1S/C14H21N3OS/c1-4-7-15-13-11-9-10(3)19-14(11)17-12(16-13)6-8-18-5-2/h9H,4-8H2,1-3H3,(H,15,16,17). The maximum Gasteiger partial charge on any atom is 0.138 e. The number of ether oxygens (including phenoxy) is 1. The third kappa shape index (κ3) is 3.64. The molecular weight excluding hydrogens is 258 g/mol. The molecule has 0 amide bonds. The van der Waals surface area contributed by atoms with Crippen molar-refractivity contribution in [2.24, 2.45) is 0 Å². The Morgan fingerprint density at radius 2 is 2.16 bits per heavy atom. The first kappa shape index (κ1) is 14.2. The minimum atomic E-state index is 0.680. The van der Waals surface area contributed by atoms with Gasteiger partial charge in [0.05, 0.1) is 12.0 Å². The Kier molecular flexibility index (Phi) is 5.10. The van der Waals surface area contributed by atoms with Crippen molar-refractivity contribution >= 4 is 27.4 Å². The van der Waals surface area contributed by atoms with Gasteiger partial charge in [0.25, 0.3) is 0 Å². The Hall–Kier alpha value is -1.20. The molecule has 2 heterocycles. The molecule has 0 atom stereocenters. The minimum absolute atomic E-state index is 0.680. The van der Waals surface area contributed by atoms with Crippen LogP contribution in [0.5, 0.6) is 0 Å². The van der Waals surface area contributed by atoms with E-state index in [0.717, 1.165) is 47.9 Å². The van der Waals surface area contributed by atoms with Crippen molar-refractivity contribution in [3.05, 3.63) is 16.8 Å². The van der Waals surface area contributed by atoms with E-state index in [0.29, 0.717) is 6.61 Å². The summed E-state index contributed by atoms with van der Waals surface area (Å²) >= 11 is 1.72. The van der Waals surface area contributed by atoms with Gasteiger partial charge in [-0.3, -0.25) is 0 Å². The summed E-state index contributed by atoms with van der Waals surface area (Å²) in [5.74, 6) is 1.82. The lowest BCUT2D eigenvalue weighted by molar-refractivity contribution is 0.149. The maximum absolute atomic E-state index is 5.38. The lowest BCUT2D eigenvalue weighted by Gasteiger charge is -2.08. The number of fused-ring (bicyclic) bond motifs is 1. The molecule has 2 aromatic rings. The predicted molar refractivity (Wildman–Crippen MR) is 81.1 cm³/mol. The fourth-order valence-electron chi connectivity index (χ4n) is 1.88. The SMILES string of the molecule is CCCNc1nc(CCOCC)nc2sc(C)cc12. The van der Waals surface area contributed by atoms with E-state index in [1.807, 2.05) is 6.92 Å². The number of thiophene rings is 1. The summed E-state index contributed by atoms with van der Waals surface area (Å²) in [4.78, 5) is 11.6. The van der Waals surface area contributed by atoms with Crippen LogP contribution in [0.4, 0.5) is 5.82 Å². The molecule has 0 unspecified atom stereocenters. The van der Waals surface area contributed by atoms with Gasteiger partial charge in [0.1, 0.15) is 16.5 Å². The Bertz CT molecular complexity index is 539. The van der Waals surface area contributed by atoms with Gasteiger partial charge in [-0.2, -0.15) is 0 Å². The fourth-order valence-corrected chi connectivity index (χ4v) is 2.78. The van der Waals surface area contributed by atoms with E-state index >= 15 is 0 Å². The summed E-state index contributed by atoms with van der Waals surface area (Å²) in [6.07, 6.45) is 1.85. The first-order valence-electron chi connectivity index (χ1n) is 6.83. The molecule has 4 nitrogen and oxygen atoms in total. The monoisotopic (exact) mass is 279 g/mol. The molecule has 5 heteroatoms. The molecule has 0 aliphatic rings. The average molecular weight is 279 g/mol. The molecule has 19 heavy (non-hydrogen) atoms. The van der Waals surface area contributed by atoms with Gasteiger partial charge in [-0.25, -0.2) is 9.97 Å². The van der Waals surface area contributed by atoms with E-state index < -0.39 is 0 Å². The minimum Gasteiger partial charge on any atom is -0.381 e. The second-order valence-corrected chi connectivity index (χ2v) is 5.67. The molecule has 0 aliphatic carbocycles. The van der Waals surface area contributed by atoms with Crippen molar-refractivity contribution in [3.8, 4) is 0 Å². The van der Waals surface area contributed by atoms with Crippen molar-refractivity contribution in [2.45, 2.75) is 33.6 Å². The number of aryl methyl sites for hydroxylation is 1. The van der Waals surface area contributed by atoms with Crippen LogP contribution < -0.4 is 5.32 Å². The molecule has 0 spiro atoms. The highest BCUT2D eigenvalue weighted by molar-refractivity contribution is 7.18.